The van der Waals surface area contributed by atoms with Crippen LogP contribution in [0.5, 0.6) is 0 Å². The molecule has 3 nitrogen and oxygen atoms in total. The van der Waals surface area contributed by atoms with E-state index in [9.17, 15) is 0 Å². The molecule has 2 aromatic rings. The molecule has 1 heterocycles. The number of fused-ring (bicyclic) bond motifs is 1. The Morgan fingerprint density at radius 2 is 2.11 bits per heavy atom. The molecule has 18 heavy (non-hydrogen) atoms. The monoisotopic (exact) mass is 239 g/mol. The molecule has 0 bridgehead atoms. The molecule has 0 radical (unpaired) electrons. The van der Waals surface area contributed by atoms with Crippen LogP contribution in [0.2, 0.25) is 0 Å². The van der Waals surface area contributed by atoms with E-state index in [1.54, 1.807) is 0 Å². The first-order chi connectivity index (χ1) is 8.83. The molecule has 1 atom stereocenters. The normalized spacial score (nSPS) is 22.1. The Kier molecular flexibility index (Phi) is 2.04. The van der Waals surface area contributed by atoms with Gasteiger partial charge in [-0.15, -0.1) is 0 Å². The van der Waals surface area contributed by atoms with Gasteiger partial charge in [-0.05, 0) is 48.9 Å². The molecule has 4 rings (SSSR count). The Balaban J connectivity index is 1.77. The summed E-state index contributed by atoms with van der Waals surface area (Å²) in [5.74, 6) is 0.755. The number of nitrogens with zero attached hydrogens (tertiary/aromatic N) is 2. The minimum absolute atomic E-state index is 0.471. The van der Waals surface area contributed by atoms with Gasteiger partial charge in [-0.3, -0.25) is 0 Å². The maximum atomic E-state index is 5.86. The van der Waals surface area contributed by atoms with Crippen molar-refractivity contribution < 1.29 is 0 Å². The van der Waals surface area contributed by atoms with Gasteiger partial charge in [0.25, 0.3) is 0 Å². The van der Waals surface area contributed by atoms with Gasteiger partial charge in [0.2, 0.25) is 0 Å². The fraction of sp³-hybridized carbons (Fsp3) is 0.400. The molecule has 0 aliphatic heterocycles. The van der Waals surface area contributed by atoms with Crippen LogP contribution < -0.4 is 5.73 Å². The molecule has 92 valence electrons. The molecule has 1 aromatic carbocycles. The van der Waals surface area contributed by atoms with E-state index in [1.165, 1.54) is 36.1 Å². The molecular formula is C15H17N3. The van der Waals surface area contributed by atoms with Gasteiger partial charge in [0.15, 0.2) is 0 Å². The van der Waals surface area contributed by atoms with Crippen molar-refractivity contribution in [1.29, 1.82) is 0 Å². The highest BCUT2D eigenvalue weighted by Gasteiger charge is 2.31. The summed E-state index contributed by atoms with van der Waals surface area (Å²) < 4.78 is 2.39. The molecule has 3 heteroatoms. The van der Waals surface area contributed by atoms with Crippen molar-refractivity contribution in [3.05, 3.63) is 47.5 Å². The molecule has 2 aliphatic carbocycles. The number of imidazole rings is 1. The molecule has 2 N–H and O–H groups in total. The number of aryl methyl sites for hydroxylation is 1. The molecular weight excluding hydrogens is 222 g/mol. The Morgan fingerprint density at radius 3 is 2.94 bits per heavy atom. The number of nitrogen functional groups attached to an aromatic ring is 1. The summed E-state index contributed by atoms with van der Waals surface area (Å²) in [7, 11) is 0. The second-order valence-corrected chi connectivity index (χ2v) is 5.51. The second kappa shape index (κ2) is 3.61. The predicted octanol–water partition coefficient (Wildman–Crippen LogP) is 2.88. The first kappa shape index (κ1) is 10.2. The fourth-order valence-electron chi connectivity index (χ4n) is 3.17. The summed E-state index contributed by atoms with van der Waals surface area (Å²) in [6.07, 6.45) is 9.01. The smallest absolute Gasteiger partial charge is 0.0954 e. The molecule has 1 aromatic heterocycles. The van der Waals surface area contributed by atoms with Crippen molar-refractivity contribution in [1.82, 2.24) is 9.55 Å². The van der Waals surface area contributed by atoms with E-state index in [1.807, 2.05) is 18.6 Å². The van der Waals surface area contributed by atoms with Gasteiger partial charge >= 0.3 is 0 Å². The lowest BCUT2D eigenvalue weighted by Crippen LogP contribution is -2.09. The van der Waals surface area contributed by atoms with Crippen LogP contribution in [0.3, 0.4) is 0 Å². The largest absolute Gasteiger partial charge is 0.399 e. The zero-order chi connectivity index (χ0) is 12.1. The van der Waals surface area contributed by atoms with Gasteiger partial charge < -0.3 is 10.3 Å². The van der Waals surface area contributed by atoms with E-state index >= 15 is 0 Å². The third kappa shape index (κ3) is 1.47. The van der Waals surface area contributed by atoms with Crippen LogP contribution in [0, 0.1) is 0 Å². The Labute approximate surface area is 107 Å². The van der Waals surface area contributed by atoms with E-state index in [-0.39, 0.29) is 0 Å². The highest BCUT2D eigenvalue weighted by atomic mass is 15.1. The summed E-state index contributed by atoms with van der Waals surface area (Å²) in [6.45, 7) is 0. The summed E-state index contributed by atoms with van der Waals surface area (Å²) in [6, 6.07) is 6.81. The van der Waals surface area contributed by atoms with Crippen molar-refractivity contribution in [3.8, 4) is 0 Å². The number of nitrogens with two attached hydrogens (primary N) is 1. The van der Waals surface area contributed by atoms with Crippen LogP contribution in [0.25, 0.3) is 0 Å². The van der Waals surface area contributed by atoms with Gasteiger partial charge in [-0.1, -0.05) is 6.07 Å². The van der Waals surface area contributed by atoms with Crippen molar-refractivity contribution in [3.63, 3.8) is 0 Å². The Hall–Kier alpha value is -1.77. The second-order valence-electron chi connectivity index (χ2n) is 5.51. The van der Waals surface area contributed by atoms with Gasteiger partial charge in [0.1, 0.15) is 0 Å². The number of anilines is 1. The van der Waals surface area contributed by atoms with E-state index in [2.05, 4.69) is 21.7 Å². The maximum Gasteiger partial charge on any atom is 0.0954 e. The Morgan fingerprint density at radius 1 is 1.22 bits per heavy atom. The summed E-state index contributed by atoms with van der Waals surface area (Å²) >= 11 is 0. The lowest BCUT2D eigenvalue weighted by atomic mass is 10.1. The highest BCUT2D eigenvalue weighted by Crippen LogP contribution is 2.43. The quantitative estimate of drug-likeness (QED) is 0.819. The molecule has 0 saturated heterocycles. The minimum atomic E-state index is 0.471. The number of benzene rings is 1. The van der Waals surface area contributed by atoms with Gasteiger partial charge in [-0.2, -0.15) is 0 Å². The number of hydrogen-bond acceptors (Lipinski definition) is 2. The van der Waals surface area contributed by atoms with Crippen LogP contribution in [0.1, 0.15) is 48.0 Å². The first-order valence-electron chi connectivity index (χ1n) is 6.73. The summed E-state index contributed by atoms with van der Waals surface area (Å²) in [4.78, 5) is 4.36. The van der Waals surface area contributed by atoms with Gasteiger partial charge in [-0.25, -0.2) is 4.98 Å². The molecule has 0 spiro atoms. The molecule has 1 unspecified atom stereocenters. The third-order valence-corrected chi connectivity index (χ3v) is 4.24. The van der Waals surface area contributed by atoms with E-state index in [4.69, 9.17) is 5.73 Å². The van der Waals surface area contributed by atoms with E-state index in [0.29, 0.717) is 6.04 Å². The van der Waals surface area contributed by atoms with Crippen LogP contribution in [-0.4, -0.2) is 9.55 Å². The topological polar surface area (TPSA) is 43.8 Å². The van der Waals surface area contributed by atoms with Crippen LogP contribution in [-0.2, 0) is 6.42 Å². The average Bonchev–Trinajstić information content (AvgIpc) is 2.96. The number of aromatic nitrogens is 2. The lowest BCUT2D eigenvalue weighted by molar-refractivity contribution is 0.558. The first-order valence-corrected chi connectivity index (χ1v) is 6.73. The van der Waals surface area contributed by atoms with Gasteiger partial charge in [0.05, 0.1) is 12.4 Å². The molecule has 1 saturated carbocycles. The lowest BCUT2D eigenvalue weighted by Gasteiger charge is -2.17. The average molecular weight is 239 g/mol. The third-order valence-electron chi connectivity index (χ3n) is 4.24. The summed E-state index contributed by atoms with van der Waals surface area (Å²) in [5, 5.41) is 0. The SMILES string of the molecule is Nc1ccc2c(c1)CCC2n1cncc1C1CC1. The van der Waals surface area contributed by atoms with Crippen LogP contribution in [0.15, 0.2) is 30.7 Å². The zero-order valence-electron chi connectivity index (χ0n) is 10.3. The molecule has 1 fully saturated rings. The standard InChI is InChI=1S/C15H17N3/c16-12-4-5-13-11(7-12)3-6-14(13)18-9-17-8-15(18)10-1-2-10/h4-5,7-10,14H,1-3,6,16H2. The predicted molar refractivity (Wildman–Crippen MR) is 71.5 cm³/mol. The van der Waals surface area contributed by atoms with Crippen molar-refractivity contribution >= 4 is 5.69 Å². The molecule has 0 amide bonds. The van der Waals surface area contributed by atoms with E-state index < -0.39 is 0 Å². The number of hydrogen-bond donors (Lipinski definition) is 1. The van der Waals surface area contributed by atoms with Crippen LogP contribution in [0.4, 0.5) is 5.69 Å². The minimum Gasteiger partial charge on any atom is -0.399 e. The Bertz CT molecular complexity index is 596. The molecule has 2 aliphatic rings. The fourth-order valence-corrected chi connectivity index (χ4v) is 3.17. The van der Waals surface area contributed by atoms with E-state index in [0.717, 1.165) is 18.0 Å². The van der Waals surface area contributed by atoms with Crippen molar-refractivity contribution in [2.75, 3.05) is 5.73 Å². The summed E-state index contributed by atoms with van der Waals surface area (Å²) in [5.41, 5.74) is 11.0. The maximum absolute atomic E-state index is 5.86. The number of rotatable bonds is 2. The van der Waals surface area contributed by atoms with Crippen molar-refractivity contribution in [2.24, 2.45) is 0 Å². The van der Waals surface area contributed by atoms with Gasteiger partial charge in [0, 0.05) is 23.5 Å². The van der Waals surface area contributed by atoms with Crippen LogP contribution >= 0.6 is 0 Å². The van der Waals surface area contributed by atoms with Crippen molar-refractivity contribution in [2.45, 2.75) is 37.6 Å². The highest BCUT2D eigenvalue weighted by molar-refractivity contribution is 5.48. The zero-order valence-corrected chi connectivity index (χ0v) is 10.3.